The van der Waals surface area contributed by atoms with Crippen molar-refractivity contribution in [3.63, 3.8) is 0 Å². The Bertz CT molecular complexity index is 907. The molecular formula is C20H20ClNO5. The number of hydrogen-bond donors (Lipinski definition) is 0. The summed E-state index contributed by atoms with van der Waals surface area (Å²) < 4.78 is 21.4. The Morgan fingerprint density at radius 2 is 1.85 bits per heavy atom. The summed E-state index contributed by atoms with van der Waals surface area (Å²) >= 11 is 6.31. The quantitative estimate of drug-likeness (QED) is 0.550. The van der Waals surface area contributed by atoms with Crippen molar-refractivity contribution in [2.75, 3.05) is 40.0 Å². The van der Waals surface area contributed by atoms with E-state index in [1.807, 2.05) is 19.0 Å². The number of carbonyl (C=O) groups is 1. The molecule has 0 spiro atoms. The fourth-order valence-electron chi connectivity index (χ4n) is 2.76. The van der Waals surface area contributed by atoms with Crippen LogP contribution in [-0.2, 0) is 0 Å². The number of anilines is 1. The van der Waals surface area contributed by atoms with Gasteiger partial charge in [0.15, 0.2) is 11.5 Å². The van der Waals surface area contributed by atoms with E-state index in [9.17, 15) is 4.79 Å². The summed E-state index contributed by atoms with van der Waals surface area (Å²) in [6.07, 6.45) is 1.58. The standard InChI is InChI=1S/C20H20ClNO5/c1-22(2)15-10-13(5-6-16(15)24-3)19(23)14(21)7-12-8-17(25-4)20-18(9-12)26-11-27-20/h5-10H,11H2,1-4H3/b14-7+. The van der Waals surface area contributed by atoms with Gasteiger partial charge < -0.3 is 23.8 Å². The highest BCUT2D eigenvalue weighted by atomic mass is 35.5. The lowest BCUT2D eigenvalue weighted by molar-refractivity contribution is 0.104. The monoisotopic (exact) mass is 389 g/mol. The Balaban J connectivity index is 1.93. The van der Waals surface area contributed by atoms with E-state index in [4.69, 9.17) is 30.5 Å². The normalized spacial score (nSPS) is 12.7. The summed E-state index contributed by atoms with van der Waals surface area (Å²) in [5.74, 6) is 2.00. The molecule has 7 heteroatoms. The summed E-state index contributed by atoms with van der Waals surface area (Å²) in [5.41, 5.74) is 1.93. The maximum Gasteiger partial charge on any atom is 0.231 e. The minimum absolute atomic E-state index is 0.0748. The summed E-state index contributed by atoms with van der Waals surface area (Å²) in [6.45, 7) is 0.130. The smallest absolute Gasteiger partial charge is 0.231 e. The van der Waals surface area contributed by atoms with Gasteiger partial charge >= 0.3 is 0 Å². The second-order valence-electron chi connectivity index (χ2n) is 6.06. The molecule has 3 rings (SSSR count). The first-order valence-corrected chi connectivity index (χ1v) is 8.57. The molecule has 0 atom stereocenters. The maximum atomic E-state index is 12.8. The SMILES string of the molecule is COc1ccc(C(=O)/C(Cl)=C\c2cc(OC)c3c(c2)OCO3)cc1N(C)C. The Labute approximate surface area is 162 Å². The molecule has 0 fully saturated rings. The lowest BCUT2D eigenvalue weighted by atomic mass is 10.1. The Morgan fingerprint density at radius 3 is 2.52 bits per heavy atom. The van der Waals surface area contributed by atoms with Crippen LogP contribution in [0.25, 0.3) is 6.08 Å². The summed E-state index contributed by atoms with van der Waals surface area (Å²) in [6, 6.07) is 8.67. The molecule has 6 nitrogen and oxygen atoms in total. The van der Waals surface area contributed by atoms with Crippen LogP contribution < -0.4 is 23.8 Å². The highest BCUT2D eigenvalue weighted by Gasteiger charge is 2.20. The number of carbonyl (C=O) groups excluding carboxylic acids is 1. The highest BCUT2D eigenvalue weighted by molar-refractivity contribution is 6.47. The maximum absolute atomic E-state index is 12.8. The number of methoxy groups -OCH3 is 2. The number of nitrogens with zero attached hydrogens (tertiary/aromatic N) is 1. The van der Waals surface area contributed by atoms with Crippen molar-refractivity contribution in [3.8, 4) is 23.0 Å². The van der Waals surface area contributed by atoms with E-state index in [2.05, 4.69) is 0 Å². The molecular weight excluding hydrogens is 370 g/mol. The van der Waals surface area contributed by atoms with Crippen molar-refractivity contribution >= 4 is 29.1 Å². The van der Waals surface area contributed by atoms with Crippen LogP contribution in [0.5, 0.6) is 23.0 Å². The third-order valence-electron chi connectivity index (χ3n) is 4.11. The fourth-order valence-corrected chi connectivity index (χ4v) is 3.00. The van der Waals surface area contributed by atoms with Gasteiger partial charge in [0.25, 0.3) is 0 Å². The molecule has 0 saturated carbocycles. The largest absolute Gasteiger partial charge is 0.495 e. The molecule has 1 heterocycles. The Morgan fingerprint density at radius 1 is 1.11 bits per heavy atom. The molecule has 0 amide bonds. The fraction of sp³-hybridized carbons (Fsp3) is 0.250. The zero-order chi connectivity index (χ0) is 19.6. The van der Waals surface area contributed by atoms with Crippen molar-refractivity contribution < 1.29 is 23.7 Å². The molecule has 0 bridgehead atoms. The van der Waals surface area contributed by atoms with Crippen molar-refractivity contribution in [2.24, 2.45) is 0 Å². The van der Waals surface area contributed by atoms with Crippen LogP contribution in [0.4, 0.5) is 5.69 Å². The van der Waals surface area contributed by atoms with E-state index in [1.165, 1.54) is 7.11 Å². The van der Waals surface area contributed by atoms with Gasteiger partial charge in [-0.3, -0.25) is 4.79 Å². The van der Waals surface area contributed by atoms with Crippen LogP contribution in [0.3, 0.4) is 0 Å². The average molecular weight is 390 g/mol. The third-order valence-corrected chi connectivity index (χ3v) is 4.39. The van der Waals surface area contributed by atoms with E-state index < -0.39 is 0 Å². The van der Waals surface area contributed by atoms with E-state index in [1.54, 1.807) is 43.5 Å². The summed E-state index contributed by atoms with van der Waals surface area (Å²) in [4.78, 5) is 14.6. The second-order valence-corrected chi connectivity index (χ2v) is 6.47. The van der Waals surface area contributed by atoms with Crippen LogP contribution in [0, 0.1) is 0 Å². The molecule has 2 aromatic rings. The van der Waals surface area contributed by atoms with Gasteiger partial charge in [0, 0.05) is 19.7 Å². The van der Waals surface area contributed by atoms with Gasteiger partial charge in [-0.1, -0.05) is 11.6 Å². The summed E-state index contributed by atoms with van der Waals surface area (Å²) in [7, 11) is 6.88. The first kappa shape index (κ1) is 18.9. The van der Waals surface area contributed by atoms with Gasteiger partial charge in [-0.15, -0.1) is 0 Å². The van der Waals surface area contributed by atoms with Crippen LogP contribution >= 0.6 is 11.6 Å². The molecule has 142 valence electrons. The number of ketones is 1. The predicted octanol–water partition coefficient (Wildman–Crippen LogP) is 3.96. The molecule has 27 heavy (non-hydrogen) atoms. The molecule has 0 radical (unpaired) electrons. The van der Waals surface area contributed by atoms with Crippen molar-refractivity contribution in [3.05, 3.63) is 46.5 Å². The first-order valence-electron chi connectivity index (χ1n) is 8.19. The minimum Gasteiger partial charge on any atom is -0.495 e. The number of Topliss-reactive ketones (excluding diaryl/α,β-unsaturated/α-hetero) is 1. The Kier molecular flexibility index (Phi) is 5.46. The van der Waals surface area contributed by atoms with Crippen LogP contribution in [0.2, 0.25) is 0 Å². The van der Waals surface area contributed by atoms with Gasteiger partial charge in [-0.05, 0) is 42.0 Å². The summed E-state index contributed by atoms with van der Waals surface area (Å²) in [5, 5.41) is 0.0748. The molecule has 0 saturated heterocycles. The highest BCUT2D eigenvalue weighted by Crippen LogP contribution is 2.42. The zero-order valence-corrected chi connectivity index (χ0v) is 16.3. The molecule has 0 aromatic heterocycles. The number of benzene rings is 2. The minimum atomic E-state index is -0.293. The number of hydrogen-bond acceptors (Lipinski definition) is 6. The second kappa shape index (κ2) is 7.80. The lowest BCUT2D eigenvalue weighted by Crippen LogP contribution is -2.11. The van der Waals surface area contributed by atoms with Gasteiger partial charge in [0.2, 0.25) is 18.3 Å². The van der Waals surface area contributed by atoms with E-state index >= 15 is 0 Å². The van der Waals surface area contributed by atoms with Gasteiger partial charge in [-0.2, -0.15) is 0 Å². The van der Waals surface area contributed by atoms with Crippen molar-refractivity contribution in [2.45, 2.75) is 0 Å². The Hall–Kier alpha value is -2.86. The first-order chi connectivity index (χ1) is 12.9. The lowest BCUT2D eigenvalue weighted by Gasteiger charge is -2.17. The molecule has 0 aliphatic carbocycles. The third kappa shape index (κ3) is 3.80. The number of halogens is 1. The number of allylic oxidation sites excluding steroid dienone is 1. The van der Waals surface area contributed by atoms with Crippen LogP contribution in [0.15, 0.2) is 35.4 Å². The van der Waals surface area contributed by atoms with Crippen LogP contribution in [0.1, 0.15) is 15.9 Å². The molecule has 1 aliphatic heterocycles. The van der Waals surface area contributed by atoms with E-state index in [0.29, 0.717) is 34.1 Å². The average Bonchev–Trinajstić information content (AvgIpc) is 3.14. The molecule has 0 unspecified atom stereocenters. The van der Waals surface area contributed by atoms with Crippen molar-refractivity contribution in [1.82, 2.24) is 0 Å². The molecule has 0 N–H and O–H groups in total. The number of ether oxygens (including phenoxy) is 4. The topological polar surface area (TPSA) is 57.2 Å². The predicted molar refractivity (Wildman–Crippen MR) is 105 cm³/mol. The molecule has 2 aromatic carbocycles. The number of fused-ring (bicyclic) bond motifs is 1. The zero-order valence-electron chi connectivity index (χ0n) is 15.5. The van der Waals surface area contributed by atoms with E-state index in [-0.39, 0.29) is 17.6 Å². The molecule has 1 aliphatic rings. The van der Waals surface area contributed by atoms with Gasteiger partial charge in [0.1, 0.15) is 5.75 Å². The van der Waals surface area contributed by atoms with E-state index in [0.717, 1.165) is 5.69 Å². The van der Waals surface area contributed by atoms with Crippen molar-refractivity contribution in [1.29, 1.82) is 0 Å². The van der Waals surface area contributed by atoms with Crippen LogP contribution in [-0.4, -0.2) is 40.9 Å². The van der Waals surface area contributed by atoms with Gasteiger partial charge in [0.05, 0.1) is 24.9 Å². The number of rotatable bonds is 6. The van der Waals surface area contributed by atoms with Gasteiger partial charge in [-0.25, -0.2) is 0 Å².